The third-order valence-electron chi connectivity index (χ3n) is 7.06. The number of primary amides is 1. The van der Waals surface area contributed by atoms with E-state index in [-0.39, 0.29) is 38.4 Å². The number of nitrogens with zero attached hydrogens (tertiary/aromatic N) is 2. The number of carbonyl (C=O) groups excluding carboxylic acids is 2. The number of benzene rings is 2. The quantitative estimate of drug-likeness (QED) is 0.396. The van der Waals surface area contributed by atoms with Crippen molar-refractivity contribution >= 4 is 52.3 Å². The first-order valence-electron chi connectivity index (χ1n) is 11.7. The molecule has 3 aromatic rings. The number of hydrogen-bond acceptors (Lipinski definition) is 5. The summed E-state index contributed by atoms with van der Waals surface area (Å²) >= 11 is 13.8. The van der Waals surface area contributed by atoms with Crippen LogP contribution in [0.4, 0.5) is 0 Å². The van der Waals surface area contributed by atoms with Gasteiger partial charge >= 0.3 is 5.97 Å². The maximum atomic E-state index is 13.8. The summed E-state index contributed by atoms with van der Waals surface area (Å²) in [5, 5.41) is 11.3. The van der Waals surface area contributed by atoms with E-state index in [4.69, 9.17) is 28.9 Å². The topological polar surface area (TPSA) is 104 Å². The molecule has 7 nitrogen and oxygen atoms in total. The number of likely N-dealkylation sites (N-methyl/N-ethyl adjacent to an activating group) is 1. The molecule has 10 heteroatoms. The molecular weight excluding hydrogens is 533 g/mol. The molecule has 2 aromatic carbocycles. The maximum Gasteiger partial charge on any atom is 0.347 e. The van der Waals surface area contributed by atoms with Crippen LogP contribution in [0.1, 0.15) is 55.6 Å². The van der Waals surface area contributed by atoms with Crippen LogP contribution in [-0.4, -0.2) is 53.3 Å². The summed E-state index contributed by atoms with van der Waals surface area (Å²) in [6.07, 6.45) is 2.21. The van der Waals surface area contributed by atoms with Gasteiger partial charge in [-0.1, -0.05) is 47.5 Å². The smallest absolute Gasteiger partial charge is 0.347 e. The van der Waals surface area contributed by atoms with Crippen LogP contribution < -0.4 is 5.73 Å². The summed E-state index contributed by atoms with van der Waals surface area (Å²) in [6.45, 7) is 1.12. The van der Waals surface area contributed by atoms with Crippen molar-refractivity contribution in [2.45, 2.75) is 30.8 Å². The van der Waals surface area contributed by atoms with Gasteiger partial charge in [-0.25, -0.2) is 4.79 Å². The van der Waals surface area contributed by atoms with E-state index < -0.39 is 17.9 Å². The Kier molecular flexibility index (Phi) is 6.56. The number of carbonyl (C=O) groups is 3. The lowest BCUT2D eigenvalue weighted by Crippen LogP contribution is -2.35. The predicted molar refractivity (Wildman–Crippen MR) is 144 cm³/mol. The van der Waals surface area contributed by atoms with Crippen LogP contribution in [-0.2, 0) is 16.8 Å². The SMILES string of the molecule is CN(C)CC1(c2cccc(CN3C(=O)c4c(-c5csc(C(=O)O)c5Cl)cc(Cl)cc4C3C(N)=O)c2)CC1. The number of nitrogens with two attached hydrogens (primary N) is 1. The first-order chi connectivity index (χ1) is 17.5. The summed E-state index contributed by atoms with van der Waals surface area (Å²) in [7, 11) is 4.12. The Morgan fingerprint density at radius 3 is 2.51 bits per heavy atom. The van der Waals surface area contributed by atoms with Gasteiger partial charge in [0, 0.05) is 34.5 Å². The minimum atomic E-state index is -1.16. The average molecular weight is 558 g/mol. The molecule has 2 aliphatic rings. The van der Waals surface area contributed by atoms with Crippen molar-refractivity contribution in [1.82, 2.24) is 9.80 Å². The first-order valence-corrected chi connectivity index (χ1v) is 13.3. The molecule has 1 aliphatic carbocycles. The van der Waals surface area contributed by atoms with E-state index in [9.17, 15) is 19.5 Å². The second-order valence-corrected chi connectivity index (χ2v) is 11.7. The molecular formula is C27H25Cl2N3O4S. The minimum absolute atomic E-state index is 0.0205. The number of thiophene rings is 1. The van der Waals surface area contributed by atoms with Crippen LogP contribution in [0.25, 0.3) is 11.1 Å². The largest absolute Gasteiger partial charge is 0.477 e. The van der Waals surface area contributed by atoms with Crippen LogP contribution in [0.5, 0.6) is 0 Å². The number of hydrogen-bond donors (Lipinski definition) is 2. The fourth-order valence-electron chi connectivity index (χ4n) is 5.35. The van der Waals surface area contributed by atoms with Crippen LogP contribution >= 0.6 is 34.5 Å². The summed E-state index contributed by atoms with van der Waals surface area (Å²) in [5.41, 5.74) is 9.44. The Bertz CT molecular complexity index is 1450. The van der Waals surface area contributed by atoms with E-state index in [1.54, 1.807) is 17.5 Å². The maximum absolute atomic E-state index is 13.8. The highest BCUT2D eigenvalue weighted by molar-refractivity contribution is 7.13. The summed E-state index contributed by atoms with van der Waals surface area (Å²) in [4.78, 5) is 41.6. The highest BCUT2D eigenvalue weighted by Gasteiger charge is 2.45. The molecule has 1 saturated carbocycles. The summed E-state index contributed by atoms with van der Waals surface area (Å²) in [5.74, 6) is -2.22. The Balaban J connectivity index is 1.55. The zero-order valence-corrected chi connectivity index (χ0v) is 22.6. The number of carboxylic acid groups (broad SMARTS) is 1. The van der Waals surface area contributed by atoms with Gasteiger partial charge in [-0.05, 0) is 61.3 Å². The number of rotatable bonds is 8. The first kappa shape index (κ1) is 25.7. The van der Waals surface area contributed by atoms with Crippen molar-refractivity contribution in [3.05, 3.63) is 79.0 Å². The van der Waals surface area contributed by atoms with E-state index >= 15 is 0 Å². The van der Waals surface area contributed by atoms with Gasteiger partial charge in [0.05, 0.1) is 10.6 Å². The molecule has 192 valence electrons. The zero-order chi connectivity index (χ0) is 26.6. The van der Waals surface area contributed by atoms with Gasteiger partial charge in [0.1, 0.15) is 10.9 Å². The molecule has 0 radical (unpaired) electrons. The van der Waals surface area contributed by atoms with Crippen molar-refractivity contribution in [3.63, 3.8) is 0 Å². The van der Waals surface area contributed by atoms with Crippen molar-refractivity contribution in [2.24, 2.45) is 5.73 Å². The normalized spacial score (nSPS) is 17.8. The fraction of sp³-hybridized carbons (Fsp3) is 0.296. The molecule has 1 aromatic heterocycles. The van der Waals surface area contributed by atoms with Gasteiger partial charge in [0.25, 0.3) is 5.91 Å². The van der Waals surface area contributed by atoms with Crippen molar-refractivity contribution in [1.29, 1.82) is 0 Å². The monoisotopic (exact) mass is 557 g/mol. The second kappa shape index (κ2) is 9.44. The van der Waals surface area contributed by atoms with Crippen LogP contribution in [0.3, 0.4) is 0 Å². The fourth-order valence-corrected chi connectivity index (χ4v) is 6.81. The Morgan fingerprint density at radius 1 is 1.19 bits per heavy atom. The van der Waals surface area contributed by atoms with Crippen LogP contribution in [0.15, 0.2) is 41.8 Å². The van der Waals surface area contributed by atoms with Crippen molar-refractivity contribution in [3.8, 4) is 11.1 Å². The molecule has 1 fully saturated rings. The third-order valence-corrected chi connectivity index (χ3v) is 8.75. The van der Waals surface area contributed by atoms with Crippen molar-refractivity contribution in [2.75, 3.05) is 20.6 Å². The lowest BCUT2D eigenvalue weighted by Gasteiger charge is -2.25. The van der Waals surface area contributed by atoms with E-state index in [1.807, 2.05) is 12.1 Å². The van der Waals surface area contributed by atoms with Gasteiger partial charge in [0.2, 0.25) is 5.91 Å². The third kappa shape index (κ3) is 4.52. The Morgan fingerprint density at radius 2 is 1.92 bits per heavy atom. The Hall–Kier alpha value is -2.91. The molecule has 0 bridgehead atoms. The van der Waals surface area contributed by atoms with Gasteiger partial charge in [-0.2, -0.15) is 0 Å². The number of fused-ring (bicyclic) bond motifs is 1. The lowest BCUT2D eigenvalue weighted by atomic mass is 9.93. The number of carboxylic acids is 1. The van der Waals surface area contributed by atoms with E-state index in [0.29, 0.717) is 16.7 Å². The molecule has 1 atom stereocenters. The standard InChI is InChI=1S/C27H25Cl2N3O4S/c1-31(2)13-27(6-7-27)15-5-3-4-14(8-15)11-32-22(24(30)33)18-10-16(28)9-17(20(18)25(32)34)19-12-37-23(21(19)29)26(35)36/h3-5,8-10,12,22H,6-7,11,13H2,1-2H3,(H2,30,33)(H,35,36). The number of aromatic carboxylic acids is 1. The predicted octanol–water partition coefficient (Wildman–Crippen LogP) is 5.20. The molecule has 2 amide bonds. The molecule has 5 rings (SSSR count). The Labute approximate surface area is 228 Å². The van der Waals surface area contributed by atoms with Gasteiger partial charge in [0.15, 0.2) is 0 Å². The van der Waals surface area contributed by atoms with E-state index in [2.05, 4.69) is 31.1 Å². The van der Waals surface area contributed by atoms with Crippen LogP contribution in [0, 0.1) is 0 Å². The second-order valence-electron chi connectivity index (χ2n) is 9.97. The van der Waals surface area contributed by atoms with Gasteiger partial charge in [-0.15, -0.1) is 11.3 Å². The summed E-state index contributed by atoms with van der Waals surface area (Å²) < 4.78 is 0. The molecule has 1 unspecified atom stereocenters. The van der Waals surface area contributed by atoms with Crippen LogP contribution in [0.2, 0.25) is 10.0 Å². The van der Waals surface area contributed by atoms with E-state index in [1.165, 1.54) is 10.5 Å². The molecule has 37 heavy (non-hydrogen) atoms. The molecule has 0 saturated heterocycles. The highest BCUT2D eigenvalue weighted by Crippen LogP contribution is 2.49. The number of halogens is 2. The molecule has 1 aliphatic heterocycles. The molecule has 2 heterocycles. The highest BCUT2D eigenvalue weighted by atomic mass is 35.5. The number of amides is 2. The summed E-state index contributed by atoms with van der Waals surface area (Å²) in [6, 6.07) is 10.3. The average Bonchev–Trinajstić information content (AvgIpc) is 3.40. The van der Waals surface area contributed by atoms with E-state index in [0.717, 1.165) is 36.3 Å². The lowest BCUT2D eigenvalue weighted by molar-refractivity contribution is -0.122. The zero-order valence-electron chi connectivity index (χ0n) is 20.3. The molecule has 0 spiro atoms. The van der Waals surface area contributed by atoms with Gasteiger partial charge in [-0.3, -0.25) is 9.59 Å². The molecule has 3 N–H and O–H groups in total. The van der Waals surface area contributed by atoms with Crippen molar-refractivity contribution < 1.29 is 19.5 Å². The van der Waals surface area contributed by atoms with Gasteiger partial charge < -0.3 is 20.6 Å². The minimum Gasteiger partial charge on any atom is -0.477 e.